The van der Waals surface area contributed by atoms with Gasteiger partial charge < -0.3 is 10.0 Å². The minimum Gasteiger partial charge on any atom is -0.506 e. The van der Waals surface area contributed by atoms with Gasteiger partial charge in [-0.2, -0.15) is 0 Å². The van der Waals surface area contributed by atoms with Gasteiger partial charge in [-0.3, -0.25) is 14.6 Å². The van der Waals surface area contributed by atoms with Gasteiger partial charge in [0.05, 0.1) is 17.9 Å². The summed E-state index contributed by atoms with van der Waals surface area (Å²) >= 11 is 0. The van der Waals surface area contributed by atoms with Gasteiger partial charge in [0.1, 0.15) is 5.75 Å². The molecule has 5 heteroatoms. The van der Waals surface area contributed by atoms with Crippen LogP contribution >= 0.6 is 0 Å². The van der Waals surface area contributed by atoms with Gasteiger partial charge in [-0.25, -0.2) is 0 Å². The molecule has 1 amide bonds. The molecule has 0 saturated heterocycles. The highest BCUT2D eigenvalue weighted by Gasteiger charge is 2.21. The van der Waals surface area contributed by atoms with Crippen molar-refractivity contribution in [3.8, 4) is 5.75 Å². The number of carbonyl (C=O) groups excluding carboxylic acids is 2. The van der Waals surface area contributed by atoms with E-state index >= 15 is 0 Å². The van der Waals surface area contributed by atoms with Crippen LogP contribution in [-0.2, 0) is 24.2 Å². The molecular weight excluding hydrogens is 388 g/mol. The molecule has 31 heavy (non-hydrogen) atoms. The predicted molar refractivity (Wildman–Crippen MR) is 120 cm³/mol. The quantitative estimate of drug-likeness (QED) is 0.561. The summed E-state index contributed by atoms with van der Waals surface area (Å²) in [5, 5.41) is 10.3. The fourth-order valence-corrected chi connectivity index (χ4v) is 4.06. The summed E-state index contributed by atoms with van der Waals surface area (Å²) in [4.78, 5) is 31.7. The molecule has 2 aromatic carbocycles. The number of aryl methyl sites for hydroxylation is 2. The molecular formula is C26H26N2O3. The number of hydrogen-bond donors (Lipinski definition) is 1. The number of hydrogen-bond acceptors (Lipinski definition) is 4. The number of amides is 1. The zero-order valence-corrected chi connectivity index (χ0v) is 17.5. The first-order valence-electron chi connectivity index (χ1n) is 10.7. The fraction of sp³-hybridized carbons (Fsp3) is 0.269. The van der Waals surface area contributed by atoms with Crippen LogP contribution in [0, 0.1) is 0 Å². The molecule has 0 radical (unpaired) electrons. The Bertz CT molecular complexity index is 1080. The van der Waals surface area contributed by atoms with Gasteiger partial charge in [-0.1, -0.05) is 30.3 Å². The Morgan fingerprint density at radius 1 is 0.903 bits per heavy atom. The second-order valence-electron chi connectivity index (χ2n) is 7.90. The molecule has 1 aliphatic carbocycles. The second kappa shape index (κ2) is 9.56. The van der Waals surface area contributed by atoms with Crippen molar-refractivity contribution in [1.29, 1.82) is 0 Å². The zero-order valence-electron chi connectivity index (χ0n) is 17.5. The van der Waals surface area contributed by atoms with E-state index in [0.717, 1.165) is 19.3 Å². The molecule has 1 heterocycles. The number of phenols is 1. The van der Waals surface area contributed by atoms with Crippen molar-refractivity contribution in [1.82, 2.24) is 4.98 Å². The van der Waals surface area contributed by atoms with Crippen molar-refractivity contribution < 1.29 is 14.7 Å². The average molecular weight is 415 g/mol. The lowest BCUT2D eigenvalue weighted by Gasteiger charge is -2.23. The van der Waals surface area contributed by atoms with Gasteiger partial charge in [-0.05, 0) is 67.1 Å². The molecule has 158 valence electrons. The fourth-order valence-electron chi connectivity index (χ4n) is 4.06. The van der Waals surface area contributed by atoms with Crippen LogP contribution in [0.4, 0.5) is 5.69 Å². The number of Topliss-reactive ketones (excluding diaryl/α,β-unsaturated/α-hetero) is 1. The van der Waals surface area contributed by atoms with E-state index in [-0.39, 0.29) is 36.8 Å². The summed E-state index contributed by atoms with van der Waals surface area (Å²) in [5.41, 5.74) is 4.39. The highest BCUT2D eigenvalue weighted by atomic mass is 16.3. The van der Waals surface area contributed by atoms with E-state index in [9.17, 15) is 14.7 Å². The van der Waals surface area contributed by atoms with E-state index in [4.69, 9.17) is 0 Å². The van der Waals surface area contributed by atoms with Gasteiger partial charge >= 0.3 is 0 Å². The van der Waals surface area contributed by atoms with E-state index in [2.05, 4.69) is 11.1 Å². The first-order chi connectivity index (χ1) is 15.1. The topological polar surface area (TPSA) is 70.5 Å². The summed E-state index contributed by atoms with van der Waals surface area (Å²) in [6.07, 6.45) is 6.31. The van der Waals surface area contributed by atoms with Crippen molar-refractivity contribution >= 4 is 17.4 Å². The molecule has 1 aromatic heterocycles. The normalized spacial score (nSPS) is 12.8. The Balaban J connectivity index is 1.48. The van der Waals surface area contributed by atoms with E-state index in [1.807, 2.05) is 30.3 Å². The highest BCUT2D eigenvalue weighted by Crippen LogP contribution is 2.29. The molecule has 1 aliphatic rings. The number of nitrogens with zero attached hydrogens (tertiary/aromatic N) is 2. The van der Waals surface area contributed by atoms with Crippen molar-refractivity contribution in [3.05, 3.63) is 89.2 Å². The number of anilines is 1. The number of aromatic nitrogens is 1. The molecule has 3 aromatic rings. The molecule has 0 bridgehead atoms. The summed E-state index contributed by atoms with van der Waals surface area (Å²) in [7, 11) is 0. The lowest BCUT2D eigenvalue weighted by molar-refractivity contribution is -0.118. The van der Waals surface area contributed by atoms with E-state index in [1.165, 1.54) is 22.4 Å². The maximum Gasteiger partial charge on any atom is 0.227 e. The van der Waals surface area contributed by atoms with Crippen LogP contribution in [0.3, 0.4) is 0 Å². The molecule has 0 unspecified atom stereocenters. The largest absolute Gasteiger partial charge is 0.506 e. The summed E-state index contributed by atoms with van der Waals surface area (Å²) < 4.78 is 0. The van der Waals surface area contributed by atoms with Crippen LogP contribution in [0.2, 0.25) is 0 Å². The SMILES string of the molecule is O=C(CCC(=O)N(Cc1ccccn1)c1ccccc1O)c1ccc2c(c1)CCCC2. The standard InChI is InChI=1S/C26H26N2O3/c29-24(21-13-12-19-7-1-2-8-20(19)17-21)14-15-26(31)28(18-22-9-5-6-16-27-22)23-10-3-4-11-25(23)30/h3-6,9-13,16-17,30H,1-2,7-8,14-15,18H2. The minimum absolute atomic E-state index is 0.0211. The Hall–Kier alpha value is -3.47. The van der Waals surface area contributed by atoms with Crippen LogP contribution in [0.15, 0.2) is 66.9 Å². The maximum absolute atomic E-state index is 13.1. The van der Waals surface area contributed by atoms with Gasteiger partial charge in [0.25, 0.3) is 0 Å². The first kappa shape index (κ1) is 20.8. The van der Waals surface area contributed by atoms with Crippen LogP contribution < -0.4 is 4.90 Å². The third-order valence-corrected chi connectivity index (χ3v) is 5.76. The third-order valence-electron chi connectivity index (χ3n) is 5.76. The van der Waals surface area contributed by atoms with Crippen molar-refractivity contribution in [2.24, 2.45) is 0 Å². The van der Waals surface area contributed by atoms with Crippen molar-refractivity contribution in [2.75, 3.05) is 4.90 Å². The Labute approximate surface area is 182 Å². The van der Waals surface area contributed by atoms with E-state index in [0.29, 0.717) is 16.9 Å². The molecule has 0 spiro atoms. The van der Waals surface area contributed by atoms with E-state index in [1.54, 1.807) is 30.5 Å². The van der Waals surface area contributed by atoms with Crippen LogP contribution in [-0.4, -0.2) is 21.8 Å². The minimum atomic E-state index is -0.224. The summed E-state index contributed by atoms with van der Waals surface area (Å²) in [6.45, 7) is 0.226. The smallest absolute Gasteiger partial charge is 0.227 e. The second-order valence-corrected chi connectivity index (χ2v) is 7.90. The lowest BCUT2D eigenvalue weighted by atomic mass is 9.89. The van der Waals surface area contributed by atoms with Gasteiger partial charge in [0.15, 0.2) is 5.78 Å². The predicted octanol–water partition coefficient (Wildman–Crippen LogP) is 4.86. The monoisotopic (exact) mass is 414 g/mol. The average Bonchev–Trinajstić information content (AvgIpc) is 2.81. The van der Waals surface area contributed by atoms with Gasteiger partial charge in [0, 0.05) is 24.6 Å². The first-order valence-corrected chi connectivity index (χ1v) is 10.7. The number of aromatic hydroxyl groups is 1. The number of fused-ring (bicyclic) bond motifs is 1. The number of para-hydroxylation sites is 2. The van der Waals surface area contributed by atoms with Crippen LogP contribution in [0.25, 0.3) is 0 Å². The number of pyridine rings is 1. The number of carbonyl (C=O) groups is 2. The third kappa shape index (κ3) is 5.00. The Morgan fingerprint density at radius 3 is 2.45 bits per heavy atom. The number of rotatable bonds is 7. The summed E-state index contributed by atoms with van der Waals surface area (Å²) in [5.74, 6) is -0.233. The molecule has 0 atom stereocenters. The number of phenolic OH excluding ortho intramolecular Hbond substituents is 1. The molecule has 0 fully saturated rings. The van der Waals surface area contributed by atoms with Gasteiger partial charge in [-0.15, -0.1) is 0 Å². The number of ketones is 1. The van der Waals surface area contributed by atoms with E-state index < -0.39 is 0 Å². The molecule has 0 aliphatic heterocycles. The molecule has 1 N–H and O–H groups in total. The highest BCUT2D eigenvalue weighted by molar-refractivity contribution is 6.01. The Morgan fingerprint density at radius 2 is 1.68 bits per heavy atom. The van der Waals surface area contributed by atoms with Crippen LogP contribution in [0.1, 0.15) is 52.9 Å². The van der Waals surface area contributed by atoms with Crippen LogP contribution in [0.5, 0.6) is 5.75 Å². The molecule has 4 rings (SSSR count). The van der Waals surface area contributed by atoms with Crippen molar-refractivity contribution in [3.63, 3.8) is 0 Å². The lowest BCUT2D eigenvalue weighted by Crippen LogP contribution is -2.31. The molecule has 0 saturated carbocycles. The van der Waals surface area contributed by atoms with Gasteiger partial charge in [0.2, 0.25) is 5.91 Å². The Kier molecular flexibility index (Phi) is 6.41. The molecule has 5 nitrogen and oxygen atoms in total. The number of benzene rings is 2. The zero-order chi connectivity index (χ0) is 21.6. The maximum atomic E-state index is 13.1. The van der Waals surface area contributed by atoms with Crippen molar-refractivity contribution in [2.45, 2.75) is 45.1 Å². The summed E-state index contributed by atoms with van der Waals surface area (Å²) in [6, 6.07) is 18.2.